The first-order valence-electron chi connectivity index (χ1n) is 5.41. The predicted molar refractivity (Wildman–Crippen MR) is 66.6 cm³/mol. The number of hydrogen-bond acceptors (Lipinski definition) is 3. The first-order valence-corrected chi connectivity index (χ1v) is 5.41. The fourth-order valence-electron chi connectivity index (χ4n) is 1.87. The Balaban J connectivity index is 2.50. The van der Waals surface area contributed by atoms with Crippen molar-refractivity contribution in [1.29, 1.82) is 0 Å². The molecular formula is C13H16N2O2. The zero-order valence-corrected chi connectivity index (χ0v) is 10.5. The molecule has 0 bridgehead atoms. The number of benzene rings is 1. The van der Waals surface area contributed by atoms with Crippen molar-refractivity contribution in [2.24, 2.45) is 0 Å². The quantitative estimate of drug-likeness (QED) is 0.885. The van der Waals surface area contributed by atoms with E-state index in [0.29, 0.717) is 5.75 Å². The van der Waals surface area contributed by atoms with Gasteiger partial charge in [-0.2, -0.15) is 0 Å². The molecule has 0 aliphatic heterocycles. The predicted octanol–water partition coefficient (Wildman–Crippen LogP) is 2.71. The van der Waals surface area contributed by atoms with Crippen molar-refractivity contribution in [3.63, 3.8) is 0 Å². The Kier molecular flexibility index (Phi) is 3.04. The van der Waals surface area contributed by atoms with Gasteiger partial charge in [0, 0.05) is 11.3 Å². The van der Waals surface area contributed by atoms with E-state index in [4.69, 9.17) is 9.47 Å². The second-order valence-electron chi connectivity index (χ2n) is 3.87. The number of ether oxygens (including phenoxy) is 2. The Morgan fingerprint density at radius 3 is 2.29 bits per heavy atom. The third kappa shape index (κ3) is 2.11. The van der Waals surface area contributed by atoms with E-state index >= 15 is 0 Å². The van der Waals surface area contributed by atoms with Gasteiger partial charge in [-0.05, 0) is 32.0 Å². The maximum absolute atomic E-state index is 5.28. The van der Waals surface area contributed by atoms with Gasteiger partial charge in [0.25, 0.3) is 0 Å². The molecule has 0 fully saturated rings. The number of aromatic amines is 1. The summed E-state index contributed by atoms with van der Waals surface area (Å²) >= 11 is 0. The average Bonchev–Trinajstić information content (AvgIpc) is 2.67. The Labute approximate surface area is 101 Å². The number of methoxy groups -OCH3 is 2. The van der Waals surface area contributed by atoms with E-state index in [1.165, 1.54) is 0 Å². The molecular weight excluding hydrogens is 216 g/mol. The molecule has 2 rings (SSSR count). The molecule has 1 aromatic heterocycles. The highest BCUT2D eigenvalue weighted by molar-refractivity contribution is 5.66. The highest BCUT2D eigenvalue weighted by Gasteiger charge is 2.10. The monoisotopic (exact) mass is 232 g/mol. The lowest BCUT2D eigenvalue weighted by molar-refractivity contribution is 0.355. The molecule has 0 amide bonds. The zero-order chi connectivity index (χ0) is 12.4. The fraction of sp³-hybridized carbons (Fsp3) is 0.308. The van der Waals surface area contributed by atoms with E-state index in [-0.39, 0.29) is 0 Å². The molecule has 0 aliphatic rings. The summed E-state index contributed by atoms with van der Waals surface area (Å²) in [6.07, 6.45) is 0. The normalized spacial score (nSPS) is 10.4. The van der Waals surface area contributed by atoms with Crippen LogP contribution in [0.25, 0.3) is 11.3 Å². The minimum atomic E-state index is 0.713. The molecule has 4 heteroatoms. The maximum Gasteiger partial charge on any atom is 0.161 e. The van der Waals surface area contributed by atoms with Crippen LogP contribution in [-0.4, -0.2) is 24.2 Å². The van der Waals surface area contributed by atoms with Crippen LogP contribution in [0, 0.1) is 13.8 Å². The lowest BCUT2D eigenvalue weighted by Crippen LogP contribution is -1.91. The molecule has 0 spiro atoms. The van der Waals surface area contributed by atoms with Gasteiger partial charge in [0.1, 0.15) is 5.82 Å². The number of rotatable bonds is 3. The third-order valence-corrected chi connectivity index (χ3v) is 2.66. The highest BCUT2D eigenvalue weighted by atomic mass is 16.5. The summed E-state index contributed by atoms with van der Waals surface area (Å²) in [6, 6.07) is 5.79. The Morgan fingerprint density at radius 1 is 1.06 bits per heavy atom. The molecule has 17 heavy (non-hydrogen) atoms. The smallest absolute Gasteiger partial charge is 0.161 e. The first kappa shape index (κ1) is 11.5. The summed E-state index contributed by atoms with van der Waals surface area (Å²) in [6.45, 7) is 3.95. The maximum atomic E-state index is 5.28. The topological polar surface area (TPSA) is 47.1 Å². The van der Waals surface area contributed by atoms with Crippen molar-refractivity contribution in [3.8, 4) is 22.8 Å². The van der Waals surface area contributed by atoms with Gasteiger partial charge >= 0.3 is 0 Å². The van der Waals surface area contributed by atoms with Gasteiger partial charge in [-0.3, -0.25) is 0 Å². The van der Waals surface area contributed by atoms with Gasteiger partial charge in [0.2, 0.25) is 0 Å². The second-order valence-corrected chi connectivity index (χ2v) is 3.87. The molecule has 2 aromatic rings. The van der Waals surface area contributed by atoms with E-state index in [1.807, 2.05) is 32.0 Å². The van der Waals surface area contributed by atoms with Crippen molar-refractivity contribution in [1.82, 2.24) is 9.97 Å². The van der Waals surface area contributed by atoms with Gasteiger partial charge in [-0.25, -0.2) is 4.98 Å². The molecule has 4 nitrogen and oxygen atoms in total. The van der Waals surface area contributed by atoms with Gasteiger partial charge in [-0.1, -0.05) is 0 Å². The SMILES string of the molecule is COc1ccc(-c2nc(C)[nH]c2C)cc1OC. The molecule has 0 saturated carbocycles. The summed E-state index contributed by atoms with van der Waals surface area (Å²) in [4.78, 5) is 7.65. The van der Waals surface area contributed by atoms with Crippen LogP contribution in [0.5, 0.6) is 11.5 Å². The van der Waals surface area contributed by atoms with E-state index in [0.717, 1.165) is 28.5 Å². The van der Waals surface area contributed by atoms with Crippen molar-refractivity contribution in [2.75, 3.05) is 14.2 Å². The Bertz CT molecular complexity index is 532. The molecule has 1 N–H and O–H groups in total. The van der Waals surface area contributed by atoms with Crippen LogP contribution in [0.15, 0.2) is 18.2 Å². The Morgan fingerprint density at radius 2 is 1.76 bits per heavy atom. The fourth-order valence-corrected chi connectivity index (χ4v) is 1.87. The molecule has 0 atom stereocenters. The molecule has 1 heterocycles. The van der Waals surface area contributed by atoms with E-state index in [9.17, 15) is 0 Å². The minimum absolute atomic E-state index is 0.713. The summed E-state index contributed by atoms with van der Waals surface area (Å²) in [7, 11) is 3.26. The zero-order valence-electron chi connectivity index (χ0n) is 10.5. The van der Waals surface area contributed by atoms with Crippen molar-refractivity contribution in [2.45, 2.75) is 13.8 Å². The summed E-state index contributed by atoms with van der Waals surface area (Å²) in [5.74, 6) is 2.35. The van der Waals surface area contributed by atoms with Crippen LogP contribution in [0.1, 0.15) is 11.5 Å². The van der Waals surface area contributed by atoms with Crippen LogP contribution < -0.4 is 9.47 Å². The summed E-state index contributed by atoms with van der Waals surface area (Å²) in [5, 5.41) is 0. The van der Waals surface area contributed by atoms with Gasteiger partial charge < -0.3 is 14.5 Å². The van der Waals surface area contributed by atoms with Crippen LogP contribution in [-0.2, 0) is 0 Å². The number of imidazole rings is 1. The van der Waals surface area contributed by atoms with Crippen LogP contribution in [0.2, 0.25) is 0 Å². The number of aromatic nitrogens is 2. The molecule has 90 valence electrons. The summed E-state index contributed by atoms with van der Waals surface area (Å²) < 4.78 is 10.5. The molecule has 0 unspecified atom stereocenters. The van der Waals surface area contributed by atoms with E-state index in [2.05, 4.69) is 9.97 Å². The van der Waals surface area contributed by atoms with Crippen LogP contribution >= 0.6 is 0 Å². The molecule has 0 radical (unpaired) electrons. The van der Waals surface area contributed by atoms with Crippen molar-refractivity contribution in [3.05, 3.63) is 29.7 Å². The lowest BCUT2D eigenvalue weighted by Gasteiger charge is -2.08. The Hall–Kier alpha value is -1.97. The number of aryl methyl sites for hydroxylation is 2. The number of nitrogens with one attached hydrogen (secondary N) is 1. The van der Waals surface area contributed by atoms with E-state index < -0.39 is 0 Å². The molecule has 0 aliphatic carbocycles. The van der Waals surface area contributed by atoms with Crippen LogP contribution in [0.4, 0.5) is 0 Å². The minimum Gasteiger partial charge on any atom is -0.493 e. The van der Waals surface area contributed by atoms with Gasteiger partial charge in [0.05, 0.1) is 19.9 Å². The largest absolute Gasteiger partial charge is 0.493 e. The van der Waals surface area contributed by atoms with Crippen molar-refractivity contribution < 1.29 is 9.47 Å². The number of nitrogens with zero attached hydrogens (tertiary/aromatic N) is 1. The molecule has 1 aromatic carbocycles. The van der Waals surface area contributed by atoms with Gasteiger partial charge in [-0.15, -0.1) is 0 Å². The van der Waals surface area contributed by atoms with E-state index in [1.54, 1.807) is 14.2 Å². The third-order valence-electron chi connectivity index (χ3n) is 2.66. The standard InChI is InChI=1S/C13H16N2O2/c1-8-13(15-9(2)14-8)10-5-6-11(16-3)12(7-10)17-4/h5-7H,1-4H3,(H,14,15). The number of H-pyrrole nitrogens is 1. The van der Waals surface area contributed by atoms with Gasteiger partial charge in [0.15, 0.2) is 11.5 Å². The first-order chi connectivity index (χ1) is 8.15. The van der Waals surface area contributed by atoms with Crippen LogP contribution in [0.3, 0.4) is 0 Å². The average molecular weight is 232 g/mol. The number of hydrogen-bond donors (Lipinski definition) is 1. The van der Waals surface area contributed by atoms with Crippen molar-refractivity contribution >= 4 is 0 Å². The highest BCUT2D eigenvalue weighted by Crippen LogP contribution is 2.32. The second kappa shape index (κ2) is 4.49. The summed E-state index contributed by atoms with van der Waals surface area (Å²) in [5.41, 5.74) is 3.02. The molecule has 0 saturated heterocycles. The lowest BCUT2D eigenvalue weighted by atomic mass is 10.1.